The fourth-order valence-electron chi connectivity index (χ4n) is 1.66. The topological polar surface area (TPSA) is 29.4 Å². The Morgan fingerprint density at radius 1 is 1.20 bits per heavy atom. The highest BCUT2D eigenvalue weighted by Crippen LogP contribution is 2.27. The van der Waals surface area contributed by atoms with Gasteiger partial charge in [-0.3, -0.25) is 4.79 Å². The maximum Gasteiger partial charge on any atom is 0.277 e. The lowest BCUT2D eigenvalue weighted by molar-refractivity contribution is 0.101. The summed E-state index contributed by atoms with van der Waals surface area (Å²) in [6.45, 7) is 0. The van der Waals surface area contributed by atoms with Gasteiger partial charge in [0, 0.05) is 16.7 Å². The summed E-state index contributed by atoms with van der Waals surface area (Å²) in [4.78, 5) is 16.2. The monoisotopic (exact) mass is 213 g/mol. The molecule has 2 aromatic rings. The van der Waals surface area contributed by atoms with Gasteiger partial charge in [0.05, 0.1) is 5.56 Å². The first-order valence-electron chi connectivity index (χ1n) is 4.61. The summed E-state index contributed by atoms with van der Waals surface area (Å²) in [6.07, 6.45) is 1.63. The number of amides is 1. The zero-order chi connectivity index (χ0) is 10.3. The van der Waals surface area contributed by atoms with E-state index >= 15 is 0 Å². The van der Waals surface area contributed by atoms with Crippen LogP contribution in [-0.2, 0) is 0 Å². The average molecular weight is 213 g/mol. The molecular formula is C12H7NOS. The minimum absolute atomic E-state index is 0.136. The lowest BCUT2D eigenvalue weighted by Gasteiger charge is -1.99. The van der Waals surface area contributed by atoms with Crippen molar-refractivity contribution in [2.75, 3.05) is 0 Å². The molecule has 0 radical (unpaired) electrons. The minimum atomic E-state index is -0.136. The van der Waals surface area contributed by atoms with E-state index < -0.39 is 0 Å². The largest absolute Gasteiger partial charge is 0.277 e. The van der Waals surface area contributed by atoms with Crippen LogP contribution in [0.5, 0.6) is 0 Å². The van der Waals surface area contributed by atoms with E-state index in [1.54, 1.807) is 17.6 Å². The zero-order valence-electron chi connectivity index (χ0n) is 7.81. The number of hydrogen-bond donors (Lipinski definition) is 0. The number of benzene rings is 1. The van der Waals surface area contributed by atoms with Crippen molar-refractivity contribution in [3.8, 4) is 10.4 Å². The second-order valence-electron chi connectivity index (χ2n) is 3.34. The zero-order valence-corrected chi connectivity index (χ0v) is 8.62. The van der Waals surface area contributed by atoms with Gasteiger partial charge in [-0.2, -0.15) is 0 Å². The minimum Gasteiger partial charge on any atom is -0.267 e. The highest BCUT2D eigenvalue weighted by Gasteiger charge is 2.15. The Morgan fingerprint density at radius 3 is 2.93 bits per heavy atom. The van der Waals surface area contributed by atoms with Gasteiger partial charge in [0.1, 0.15) is 0 Å². The average Bonchev–Trinajstić information content (AvgIpc) is 2.88. The van der Waals surface area contributed by atoms with Crippen LogP contribution in [0, 0.1) is 0 Å². The maximum absolute atomic E-state index is 11.3. The molecule has 3 heteroatoms. The molecule has 0 N–H and O–H groups in total. The van der Waals surface area contributed by atoms with Gasteiger partial charge in [-0.25, -0.2) is 4.99 Å². The van der Waals surface area contributed by atoms with Crippen molar-refractivity contribution in [3.05, 3.63) is 46.8 Å². The molecule has 1 aromatic heterocycles. The van der Waals surface area contributed by atoms with Crippen LogP contribution in [0.1, 0.15) is 15.9 Å². The third-order valence-corrected chi connectivity index (χ3v) is 3.33. The van der Waals surface area contributed by atoms with Crippen molar-refractivity contribution >= 4 is 23.5 Å². The smallest absolute Gasteiger partial charge is 0.267 e. The van der Waals surface area contributed by atoms with Crippen LogP contribution in [0.4, 0.5) is 0 Å². The summed E-state index contributed by atoms with van der Waals surface area (Å²) >= 11 is 1.69. The Morgan fingerprint density at radius 2 is 2.13 bits per heavy atom. The predicted octanol–water partition coefficient (Wildman–Crippen LogP) is 2.99. The molecule has 15 heavy (non-hydrogen) atoms. The van der Waals surface area contributed by atoms with Crippen LogP contribution in [-0.4, -0.2) is 12.1 Å². The Kier molecular flexibility index (Phi) is 1.79. The van der Waals surface area contributed by atoms with Crippen LogP contribution >= 0.6 is 11.3 Å². The summed E-state index contributed by atoms with van der Waals surface area (Å²) < 4.78 is 0. The Balaban J connectivity index is 2.15. The third kappa shape index (κ3) is 1.32. The number of carbonyl (C=O) groups is 1. The van der Waals surface area contributed by atoms with Gasteiger partial charge in [-0.05, 0) is 29.1 Å². The molecular weight excluding hydrogens is 206 g/mol. The fourth-order valence-corrected chi connectivity index (χ4v) is 2.38. The molecule has 0 spiro atoms. The molecule has 0 saturated carbocycles. The molecule has 0 aliphatic carbocycles. The van der Waals surface area contributed by atoms with Crippen LogP contribution in [0.25, 0.3) is 10.4 Å². The number of rotatable bonds is 1. The van der Waals surface area contributed by atoms with Gasteiger partial charge in [0.15, 0.2) is 0 Å². The molecule has 72 valence electrons. The van der Waals surface area contributed by atoms with Crippen LogP contribution in [0.3, 0.4) is 0 Å². The number of fused-ring (bicyclic) bond motifs is 1. The lowest BCUT2D eigenvalue weighted by atomic mass is 10.1. The number of nitrogens with zero attached hydrogens (tertiary/aromatic N) is 1. The quantitative estimate of drug-likeness (QED) is 0.716. The van der Waals surface area contributed by atoms with Gasteiger partial charge in [0.2, 0.25) is 0 Å². The van der Waals surface area contributed by atoms with Gasteiger partial charge >= 0.3 is 0 Å². The second kappa shape index (κ2) is 3.14. The lowest BCUT2D eigenvalue weighted by Crippen LogP contribution is -1.91. The van der Waals surface area contributed by atoms with Crippen molar-refractivity contribution in [2.45, 2.75) is 0 Å². The van der Waals surface area contributed by atoms with E-state index in [1.165, 1.54) is 4.88 Å². The van der Waals surface area contributed by atoms with Crippen LogP contribution < -0.4 is 0 Å². The number of hydrogen-bond acceptors (Lipinski definition) is 2. The molecule has 0 unspecified atom stereocenters. The normalized spacial score (nSPS) is 13.2. The molecule has 2 nitrogen and oxygen atoms in total. The molecule has 0 bridgehead atoms. The van der Waals surface area contributed by atoms with Gasteiger partial charge in [-0.1, -0.05) is 12.1 Å². The fraction of sp³-hybridized carbons (Fsp3) is 0. The molecule has 3 rings (SSSR count). The van der Waals surface area contributed by atoms with Crippen molar-refractivity contribution in [3.63, 3.8) is 0 Å². The highest BCUT2D eigenvalue weighted by molar-refractivity contribution is 7.13. The first-order chi connectivity index (χ1) is 7.34. The van der Waals surface area contributed by atoms with Crippen molar-refractivity contribution in [1.82, 2.24) is 0 Å². The number of thiophene rings is 1. The Hall–Kier alpha value is -1.74. The van der Waals surface area contributed by atoms with Gasteiger partial charge in [0.25, 0.3) is 5.91 Å². The molecule has 2 heterocycles. The third-order valence-electron chi connectivity index (χ3n) is 2.41. The van der Waals surface area contributed by atoms with Crippen molar-refractivity contribution < 1.29 is 4.79 Å². The summed E-state index contributed by atoms with van der Waals surface area (Å²) in [7, 11) is 0. The molecule has 0 fully saturated rings. The molecule has 0 saturated heterocycles. The van der Waals surface area contributed by atoms with E-state index in [0.29, 0.717) is 5.56 Å². The summed E-state index contributed by atoms with van der Waals surface area (Å²) in [5.74, 6) is -0.136. The number of carbonyl (C=O) groups excluding carboxylic acids is 1. The molecule has 1 aliphatic rings. The summed E-state index contributed by atoms with van der Waals surface area (Å²) in [6, 6.07) is 9.92. The Labute approximate surface area is 90.9 Å². The summed E-state index contributed by atoms with van der Waals surface area (Å²) in [5, 5.41) is 2.04. The van der Waals surface area contributed by atoms with E-state index in [-0.39, 0.29) is 5.91 Å². The number of aliphatic imine (C=N–C) groups is 1. The standard InChI is InChI=1S/C12H7NOS/c14-12-10-4-3-8(6-9(10)7-13-12)11-2-1-5-15-11/h1-7H. The first-order valence-corrected chi connectivity index (χ1v) is 5.49. The van der Waals surface area contributed by atoms with E-state index in [4.69, 9.17) is 0 Å². The van der Waals surface area contributed by atoms with E-state index in [1.807, 2.05) is 29.6 Å². The van der Waals surface area contributed by atoms with E-state index in [2.05, 4.69) is 11.1 Å². The van der Waals surface area contributed by atoms with Gasteiger partial charge < -0.3 is 0 Å². The van der Waals surface area contributed by atoms with E-state index in [9.17, 15) is 4.79 Å². The molecule has 1 aliphatic heterocycles. The SMILES string of the molecule is O=C1N=Cc2cc(-c3cccs3)ccc21. The predicted molar refractivity (Wildman–Crippen MR) is 61.7 cm³/mol. The van der Waals surface area contributed by atoms with Crippen LogP contribution in [0.15, 0.2) is 40.7 Å². The second-order valence-corrected chi connectivity index (χ2v) is 4.29. The molecule has 0 atom stereocenters. The molecule has 1 amide bonds. The van der Waals surface area contributed by atoms with Gasteiger partial charge in [-0.15, -0.1) is 11.3 Å². The maximum atomic E-state index is 11.3. The first kappa shape index (κ1) is 8.56. The van der Waals surface area contributed by atoms with Crippen molar-refractivity contribution in [2.24, 2.45) is 4.99 Å². The Bertz CT molecular complexity index is 555. The van der Waals surface area contributed by atoms with Crippen LogP contribution in [0.2, 0.25) is 0 Å². The molecule has 1 aromatic carbocycles. The summed E-state index contributed by atoms with van der Waals surface area (Å²) in [5.41, 5.74) is 2.77. The van der Waals surface area contributed by atoms with Crippen molar-refractivity contribution in [1.29, 1.82) is 0 Å². The highest BCUT2D eigenvalue weighted by atomic mass is 32.1. The van der Waals surface area contributed by atoms with E-state index in [0.717, 1.165) is 11.1 Å².